The average molecular weight is 322 g/mol. The molecule has 0 atom stereocenters. The number of nitrogens with zero attached hydrogens (tertiary/aromatic N) is 2. The molecule has 2 aromatic heterocycles. The first-order chi connectivity index (χ1) is 8.74. The topological polar surface area (TPSA) is 7.76 Å². The van der Waals surface area contributed by atoms with Gasteiger partial charge in [-0.25, -0.2) is 9.13 Å². The highest BCUT2D eigenvalue weighted by Crippen LogP contribution is 1.94. The van der Waals surface area contributed by atoms with Gasteiger partial charge in [-0.05, 0) is 26.0 Å². The van der Waals surface area contributed by atoms with Crippen molar-refractivity contribution in [3.8, 4) is 0 Å². The molecule has 0 unspecified atom stereocenters. The van der Waals surface area contributed by atoms with Crippen LogP contribution in [-0.2, 0) is 13.1 Å². The Morgan fingerprint density at radius 1 is 0.789 bits per heavy atom. The maximum atomic E-state index is 2.27. The van der Waals surface area contributed by atoms with Gasteiger partial charge < -0.3 is 17.0 Å². The van der Waals surface area contributed by atoms with Crippen LogP contribution in [0.15, 0.2) is 49.1 Å². The Hall–Kier alpha value is -1.22. The molecule has 3 heteroatoms. The molecular formula is C16H22BrN2+. The highest BCUT2D eigenvalue weighted by atomic mass is 79.9. The van der Waals surface area contributed by atoms with E-state index in [9.17, 15) is 0 Å². The Kier molecular flexibility index (Phi) is 6.71. The van der Waals surface area contributed by atoms with Crippen molar-refractivity contribution in [2.24, 2.45) is 0 Å². The van der Waals surface area contributed by atoms with Crippen molar-refractivity contribution >= 4 is 0 Å². The fourth-order valence-corrected chi connectivity index (χ4v) is 2.17. The molecule has 0 N–H and O–H groups in total. The molecule has 0 aliphatic heterocycles. The van der Waals surface area contributed by atoms with Crippen LogP contribution >= 0.6 is 0 Å². The first-order valence-electron chi connectivity index (χ1n) is 6.65. The van der Waals surface area contributed by atoms with E-state index in [2.05, 4.69) is 72.0 Å². The van der Waals surface area contributed by atoms with E-state index in [1.165, 1.54) is 24.0 Å². The predicted molar refractivity (Wildman–Crippen MR) is 72.0 cm³/mol. The molecule has 19 heavy (non-hydrogen) atoms. The van der Waals surface area contributed by atoms with Crippen molar-refractivity contribution in [2.45, 2.75) is 39.8 Å². The van der Waals surface area contributed by atoms with Crippen molar-refractivity contribution in [1.82, 2.24) is 0 Å². The second-order valence-electron chi connectivity index (χ2n) is 4.95. The summed E-state index contributed by atoms with van der Waals surface area (Å²) in [5.74, 6) is 0. The molecule has 0 amide bonds. The van der Waals surface area contributed by atoms with Crippen molar-refractivity contribution in [1.29, 1.82) is 0 Å². The van der Waals surface area contributed by atoms with E-state index >= 15 is 0 Å². The molecule has 0 saturated heterocycles. The van der Waals surface area contributed by atoms with Crippen LogP contribution < -0.4 is 26.1 Å². The van der Waals surface area contributed by atoms with Crippen LogP contribution in [0.4, 0.5) is 0 Å². The summed E-state index contributed by atoms with van der Waals surface area (Å²) < 4.78 is 4.55. The molecule has 2 nitrogen and oxygen atoms in total. The normalized spacial score (nSPS) is 10.0. The lowest BCUT2D eigenvalue weighted by Gasteiger charge is -1.98. The van der Waals surface area contributed by atoms with E-state index in [0.717, 1.165) is 13.1 Å². The monoisotopic (exact) mass is 321 g/mol. The molecule has 0 aliphatic rings. The minimum atomic E-state index is 0. The Balaban J connectivity index is 0.00000180. The molecule has 0 saturated carbocycles. The minimum absolute atomic E-state index is 0. The highest BCUT2D eigenvalue weighted by molar-refractivity contribution is 5.01. The van der Waals surface area contributed by atoms with Crippen LogP contribution in [0.25, 0.3) is 0 Å². The number of unbranched alkanes of at least 4 members (excludes halogenated alkanes) is 1. The number of rotatable bonds is 5. The fraction of sp³-hybridized carbons (Fsp3) is 0.375. The fourth-order valence-electron chi connectivity index (χ4n) is 2.17. The summed E-state index contributed by atoms with van der Waals surface area (Å²) in [6, 6.07) is 8.51. The zero-order chi connectivity index (χ0) is 12.8. The lowest BCUT2D eigenvalue weighted by atomic mass is 10.2. The summed E-state index contributed by atoms with van der Waals surface area (Å²) in [4.78, 5) is 0. The summed E-state index contributed by atoms with van der Waals surface area (Å²) >= 11 is 0. The summed E-state index contributed by atoms with van der Waals surface area (Å²) in [6.07, 6.45) is 11.1. The van der Waals surface area contributed by atoms with Gasteiger partial charge in [0.2, 0.25) is 0 Å². The average Bonchev–Trinajstić information content (AvgIpc) is 2.35. The zero-order valence-corrected chi connectivity index (χ0v) is 13.3. The van der Waals surface area contributed by atoms with Crippen molar-refractivity contribution < 1.29 is 26.1 Å². The lowest BCUT2D eigenvalue weighted by molar-refractivity contribution is -0.708. The number of aryl methyl sites for hydroxylation is 4. The number of aromatic nitrogens is 2. The largest absolute Gasteiger partial charge is 1.00 e. The van der Waals surface area contributed by atoms with Gasteiger partial charge in [0.1, 0.15) is 13.1 Å². The Morgan fingerprint density at radius 3 is 1.58 bits per heavy atom. The van der Waals surface area contributed by atoms with Crippen LogP contribution in [0.2, 0.25) is 0 Å². The van der Waals surface area contributed by atoms with Crippen LogP contribution in [0.5, 0.6) is 0 Å². The van der Waals surface area contributed by atoms with Crippen molar-refractivity contribution in [3.63, 3.8) is 0 Å². The number of hydrogen-bond acceptors (Lipinski definition) is 0. The van der Waals surface area contributed by atoms with Gasteiger partial charge in [-0.1, -0.05) is 0 Å². The van der Waals surface area contributed by atoms with Crippen LogP contribution in [0.3, 0.4) is 0 Å². The van der Waals surface area contributed by atoms with Gasteiger partial charge in [0, 0.05) is 36.1 Å². The molecule has 0 aromatic carbocycles. The van der Waals surface area contributed by atoms with E-state index in [1.54, 1.807) is 0 Å². The SMILES string of the molecule is Cc1ccc[n+](CCCC[n+]2cccc(C)c2)c1.[Br-]. The Morgan fingerprint density at radius 2 is 1.21 bits per heavy atom. The van der Waals surface area contributed by atoms with E-state index in [1.807, 2.05) is 0 Å². The van der Waals surface area contributed by atoms with E-state index in [0.29, 0.717) is 0 Å². The molecule has 0 fully saturated rings. The van der Waals surface area contributed by atoms with Gasteiger partial charge in [-0.3, -0.25) is 0 Å². The third kappa shape index (κ3) is 5.52. The van der Waals surface area contributed by atoms with Gasteiger partial charge in [-0.2, -0.15) is 0 Å². The third-order valence-electron chi connectivity index (χ3n) is 3.09. The maximum absolute atomic E-state index is 2.27. The molecule has 2 aromatic rings. The van der Waals surface area contributed by atoms with Gasteiger partial charge >= 0.3 is 0 Å². The minimum Gasteiger partial charge on any atom is -1.00 e. The number of halogens is 1. The second kappa shape index (κ2) is 8.05. The van der Waals surface area contributed by atoms with Gasteiger partial charge in [-0.15, -0.1) is 0 Å². The molecule has 0 aliphatic carbocycles. The number of pyridine rings is 2. The van der Waals surface area contributed by atoms with Gasteiger partial charge in [0.05, 0.1) is 0 Å². The van der Waals surface area contributed by atoms with Crippen molar-refractivity contribution in [3.05, 3.63) is 60.2 Å². The second-order valence-corrected chi connectivity index (χ2v) is 4.95. The Labute approximate surface area is 126 Å². The summed E-state index contributed by atoms with van der Waals surface area (Å²) in [5, 5.41) is 0. The molecule has 2 rings (SSSR count). The first-order valence-corrected chi connectivity index (χ1v) is 6.65. The lowest BCUT2D eigenvalue weighted by Crippen LogP contribution is -3.00. The highest BCUT2D eigenvalue weighted by Gasteiger charge is 2.03. The maximum Gasteiger partial charge on any atom is 0.171 e. The molecule has 2 heterocycles. The van der Waals surface area contributed by atoms with E-state index < -0.39 is 0 Å². The third-order valence-corrected chi connectivity index (χ3v) is 3.09. The van der Waals surface area contributed by atoms with E-state index in [4.69, 9.17) is 0 Å². The molecule has 102 valence electrons. The Bertz CT molecular complexity index is 464. The quantitative estimate of drug-likeness (QED) is 0.511. The number of hydrogen-bond donors (Lipinski definition) is 0. The molecule has 0 spiro atoms. The smallest absolute Gasteiger partial charge is 0.171 e. The standard InChI is InChI=1S/C16H22N2.BrH/c1-15-7-5-11-17(13-15)9-3-4-10-18-12-6-8-16(2)14-18;/h5-8,11-14H,3-4,9-10H2,1-2H3;1H/q+2;/p-1. The van der Waals surface area contributed by atoms with Crippen LogP contribution in [0.1, 0.15) is 24.0 Å². The predicted octanol–water partition coefficient (Wildman–Crippen LogP) is -0.637. The summed E-state index contributed by atoms with van der Waals surface area (Å²) in [5.41, 5.74) is 2.65. The molecule has 0 radical (unpaired) electrons. The van der Waals surface area contributed by atoms with E-state index in [-0.39, 0.29) is 17.0 Å². The van der Waals surface area contributed by atoms with Crippen LogP contribution in [0, 0.1) is 13.8 Å². The summed E-state index contributed by atoms with van der Waals surface area (Å²) in [7, 11) is 0. The van der Waals surface area contributed by atoms with Crippen molar-refractivity contribution in [2.75, 3.05) is 0 Å². The first kappa shape index (κ1) is 15.8. The van der Waals surface area contributed by atoms with Crippen LogP contribution in [-0.4, -0.2) is 0 Å². The van der Waals surface area contributed by atoms with Gasteiger partial charge in [0.25, 0.3) is 0 Å². The molecular weight excluding hydrogens is 300 g/mol. The van der Waals surface area contributed by atoms with Gasteiger partial charge in [0.15, 0.2) is 24.8 Å². The zero-order valence-electron chi connectivity index (χ0n) is 11.7. The molecule has 0 bridgehead atoms. The summed E-state index contributed by atoms with van der Waals surface area (Å²) in [6.45, 7) is 6.49.